The number of fused-ring (bicyclic) bond motifs is 1. The number of anilines is 1. The van der Waals surface area contributed by atoms with Crippen molar-refractivity contribution in [2.75, 3.05) is 18.6 Å². The number of likely N-dealkylation sites (N-methyl/N-ethyl adjacent to an activating group) is 1. The van der Waals surface area contributed by atoms with E-state index in [-0.39, 0.29) is 24.2 Å². The first-order chi connectivity index (χ1) is 22.9. The molecule has 5 rings (SSSR count). The average Bonchev–Trinajstić information content (AvgIpc) is 3.52. The molecular formula is C35H32F3N5O5. The van der Waals surface area contributed by atoms with Gasteiger partial charge >= 0.3 is 12.1 Å². The van der Waals surface area contributed by atoms with E-state index < -0.39 is 47.4 Å². The number of carbonyl (C=O) groups is 4. The van der Waals surface area contributed by atoms with Gasteiger partial charge in [0.05, 0.1) is 24.6 Å². The molecule has 2 heterocycles. The lowest BCUT2D eigenvalue weighted by atomic mass is 9.81. The predicted molar refractivity (Wildman–Crippen MR) is 170 cm³/mol. The average molecular weight is 660 g/mol. The highest BCUT2D eigenvalue weighted by atomic mass is 19.4. The Kier molecular flexibility index (Phi) is 9.78. The maximum absolute atomic E-state index is 14.3. The Bertz CT molecular complexity index is 1890. The maximum Gasteiger partial charge on any atom is 0.416 e. The van der Waals surface area contributed by atoms with Crippen molar-refractivity contribution >= 4 is 29.5 Å². The first-order valence-electron chi connectivity index (χ1n) is 15.0. The second-order valence-corrected chi connectivity index (χ2v) is 11.0. The fourth-order valence-corrected chi connectivity index (χ4v) is 5.60. The number of benzene rings is 3. The zero-order valence-electron chi connectivity index (χ0n) is 26.2. The number of alkyl halides is 3. The van der Waals surface area contributed by atoms with Gasteiger partial charge in [0, 0.05) is 41.8 Å². The lowest BCUT2D eigenvalue weighted by molar-refractivity contribution is -0.137. The first kappa shape index (κ1) is 33.6. The summed E-state index contributed by atoms with van der Waals surface area (Å²) in [4.78, 5) is 53.4. The van der Waals surface area contributed by atoms with E-state index >= 15 is 0 Å². The summed E-state index contributed by atoms with van der Waals surface area (Å²) in [6, 6.07) is 19.0. The Hall–Kier alpha value is -5.72. The van der Waals surface area contributed by atoms with Crippen LogP contribution in [0.15, 0.2) is 96.7 Å². The summed E-state index contributed by atoms with van der Waals surface area (Å²) >= 11 is 0. The third-order valence-electron chi connectivity index (χ3n) is 7.94. The number of amides is 3. The molecule has 1 aromatic heterocycles. The number of nitrogens with zero attached hydrogens (tertiary/aromatic N) is 3. The third kappa shape index (κ3) is 6.99. The Morgan fingerprint density at radius 3 is 2.42 bits per heavy atom. The number of hydrogen-bond acceptors (Lipinski definition) is 6. The normalized spacial score (nSPS) is 16.2. The predicted octanol–water partition coefficient (Wildman–Crippen LogP) is 4.92. The number of para-hydroxylation sites is 1. The van der Waals surface area contributed by atoms with Crippen LogP contribution in [0, 0.1) is 0 Å². The van der Waals surface area contributed by atoms with Crippen molar-refractivity contribution in [3.05, 3.63) is 125 Å². The zero-order valence-corrected chi connectivity index (χ0v) is 26.2. The number of ether oxygens (including phenoxy) is 1. The van der Waals surface area contributed by atoms with Crippen molar-refractivity contribution in [3.8, 4) is 5.69 Å². The molecule has 0 unspecified atom stereocenters. The molecule has 0 saturated carbocycles. The van der Waals surface area contributed by atoms with Crippen molar-refractivity contribution in [1.82, 2.24) is 20.4 Å². The maximum atomic E-state index is 14.3. The summed E-state index contributed by atoms with van der Waals surface area (Å²) in [6.07, 6.45) is -1.98. The summed E-state index contributed by atoms with van der Waals surface area (Å²) < 4.78 is 46.6. The molecule has 248 valence electrons. The van der Waals surface area contributed by atoms with Crippen molar-refractivity contribution in [2.24, 2.45) is 0 Å². The fourth-order valence-electron chi connectivity index (χ4n) is 5.60. The number of nitrogens with one attached hydrogen (secondary N) is 2. The molecule has 2 N–H and O–H groups in total. The number of rotatable bonds is 9. The molecule has 3 amide bonds. The van der Waals surface area contributed by atoms with Gasteiger partial charge in [-0.2, -0.15) is 18.3 Å². The summed E-state index contributed by atoms with van der Waals surface area (Å²) in [5.41, 5.74) is 1.44. The van der Waals surface area contributed by atoms with Gasteiger partial charge in [0.25, 0.3) is 11.8 Å². The van der Waals surface area contributed by atoms with Crippen molar-refractivity contribution in [2.45, 2.75) is 38.5 Å². The molecule has 10 nitrogen and oxygen atoms in total. The molecule has 48 heavy (non-hydrogen) atoms. The molecule has 13 heteroatoms. The SMILES string of the molecule is CCN1C(=O)[C@H](NC(=O)c2cccc(C(F)(F)F)c2)[C@@H](c2cccc(CNC(=O)/C(C)=C/C(=O)OC)c2)c2cnn(-c3ccccc3)c21. The van der Waals surface area contributed by atoms with Crippen LogP contribution < -0.4 is 15.5 Å². The second-order valence-electron chi connectivity index (χ2n) is 11.0. The molecule has 0 aliphatic carbocycles. The van der Waals surface area contributed by atoms with E-state index in [4.69, 9.17) is 0 Å². The van der Waals surface area contributed by atoms with Crippen LogP contribution in [0.4, 0.5) is 19.0 Å². The van der Waals surface area contributed by atoms with Gasteiger partial charge in [-0.25, -0.2) is 9.48 Å². The Morgan fingerprint density at radius 2 is 1.73 bits per heavy atom. The van der Waals surface area contributed by atoms with Gasteiger partial charge in [-0.05, 0) is 55.3 Å². The van der Waals surface area contributed by atoms with Crippen molar-refractivity contribution in [3.63, 3.8) is 0 Å². The minimum Gasteiger partial charge on any atom is -0.466 e. The molecule has 1 aliphatic rings. The molecule has 3 aromatic carbocycles. The van der Waals surface area contributed by atoms with Gasteiger partial charge in [0.2, 0.25) is 5.91 Å². The Morgan fingerprint density at radius 1 is 1.00 bits per heavy atom. The molecule has 0 bridgehead atoms. The van der Waals surface area contributed by atoms with E-state index in [1.165, 1.54) is 25.0 Å². The van der Waals surface area contributed by atoms with Crippen LogP contribution in [0.1, 0.15) is 52.4 Å². The fraction of sp³-hybridized carbons (Fsp3) is 0.229. The van der Waals surface area contributed by atoms with Crippen LogP contribution in [-0.4, -0.2) is 53.2 Å². The number of aromatic nitrogens is 2. The largest absolute Gasteiger partial charge is 0.466 e. The summed E-state index contributed by atoms with van der Waals surface area (Å²) in [6.45, 7) is 3.53. The van der Waals surface area contributed by atoms with E-state index in [0.29, 0.717) is 28.2 Å². The number of carbonyl (C=O) groups excluding carboxylic acids is 4. The number of methoxy groups -OCH3 is 1. The zero-order chi connectivity index (χ0) is 34.6. The molecule has 2 atom stereocenters. The van der Waals surface area contributed by atoms with Crippen LogP contribution in [0.25, 0.3) is 5.69 Å². The monoisotopic (exact) mass is 659 g/mol. The lowest BCUT2D eigenvalue weighted by Crippen LogP contribution is -2.55. The minimum atomic E-state index is -4.66. The molecule has 0 fully saturated rings. The van der Waals surface area contributed by atoms with E-state index in [9.17, 15) is 32.3 Å². The van der Waals surface area contributed by atoms with E-state index in [2.05, 4.69) is 20.5 Å². The van der Waals surface area contributed by atoms with Gasteiger partial charge in [0.15, 0.2) is 0 Å². The topological polar surface area (TPSA) is 123 Å². The molecular weight excluding hydrogens is 627 g/mol. The first-order valence-corrected chi connectivity index (χ1v) is 15.0. The van der Waals surface area contributed by atoms with Crippen molar-refractivity contribution < 1.29 is 37.1 Å². The molecule has 0 radical (unpaired) electrons. The van der Waals surface area contributed by atoms with Gasteiger partial charge in [-0.3, -0.25) is 19.3 Å². The van der Waals surface area contributed by atoms with E-state index in [0.717, 1.165) is 24.3 Å². The van der Waals surface area contributed by atoms with E-state index in [1.54, 1.807) is 42.1 Å². The number of halogens is 3. The molecule has 0 spiro atoms. The molecule has 4 aromatic rings. The van der Waals surface area contributed by atoms with Crippen LogP contribution in [0.3, 0.4) is 0 Å². The number of hydrogen-bond donors (Lipinski definition) is 2. The van der Waals surface area contributed by atoms with Gasteiger partial charge in [-0.15, -0.1) is 0 Å². The van der Waals surface area contributed by atoms with Crippen LogP contribution >= 0.6 is 0 Å². The highest BCUT2D eigenvalue weighted by Crippen LogP contribution is 2.41. The second kappa shape index (κ2) is 14.0. The van der Waals surface area contributed by atoms with E-state index in [1.807, 2.05) is 30.3 Å². The smallest absolute Gasteiger partial charge is 0.416 e. The Labute approximate surface area is 274 Å². The minimum absolute atomic E-state index is 0.0676. The lowest BCUT2D eigenvalue weighted by Gasteiger charge is -2.38. The summed E-state index contributed by atoms with van der Waals surface area (Å²) in [5, 5.41) is 10.1. The van der Waals surface area contributed by atoms with Gasteiger partial charge < -0.3 is 15.4 Å². The highest BCUT2D eigenvalue weighted by Gasteiger charge is 2.44. The third-order valence-corrected chi connectivity index (χ3v) is 7.94. The van der Waals surface area contributed by atoms with Crippen LogP contribution in [0.2, 0.25) is 0 Å². The Balaban J connectivity index is 1.55. The highest BCUT2D eigenvalue weighted by molar-refractivity contribution is 6.05. The van der Waals surface area contributed by atoms with Crippen molar-refractivity contribution in [1.29, 1.82) is 0 Å². The number of esters is 1. The van der Waals surface area contributed by atoms with Crippen LogP contribution in [-0.2, 0) is 31.8 Å². The van der Waals surface area contributed by atoms with Crippen LogP contribution in [0.5, 0.6) is 0 Å². The molecule has 0 saturated heterocycles. The van der Waals surface area contributed by atoms with Gasteiger partial charge in [0.1, 0.15) is 11.9 Å². The summed E-state index contributed by atoms with van der Waals surface area (Å²) in [7, 11) is 1.20. The molecule has 1 aliphatic heterocycles. The van der Waals surface area contributed by atoms with Gasteiger partial charge in [-0.1, -0.05) is 48.5 Å². The summed E-state index contributed by atoms with van der Waals surface area (Å²) in [5.74, 6) is -2.80. The quantitative estimate of drug-likeness (QED) is 0.194. The standard InChI is InChI=1S/C35H32F3N5O5/c1-4-42-33-27(20-40-43(33)26-14-6-5-7-15-26)29(23-11-8-10-22(17-23)19-39-31(45)21(2)16-28(44)48-3)30(34(42)47)41-32(46)24-12-9-13-25(18-24)35(36,37)38/h5-18,20,29-30H,4,19H2,1-3H3,(H,39,45)(H,41,46)/b21-16+/t29-,30+/m0/s1.